The van der Waals surface area contributed by atoms with E-state index < -0.39 is 0 Å². The molecule has 0 bridgehead atoms. The largest absolute Gasteiger partial charge is 0.310 e. The minimum Gasteiger partial charge on any atom is -0.310 e. The van der Waals surface area contributed by atoms with Crippen LogP contribution >= 0.6 is 11.3 Å². The number of aryl methyl sites for hydroxylation is 2. The number of thiazole rings is 1. The van der Waals surface area contributed by atoms with Gasteiger partial charge in [-0.05, 0) is 38.6 Å². The highest BCUT2D eigenvalue weighted by atomic mass is 32.1. The standard InChI is InChI=1S/C12H20N2S/c1-2-3-8-13-9-12-14-10-6-4-5-7-11(10)15-12/h13H,2-9H2,1H3. The van der Waals surface area contributed by atoms with E-state index in [9.17, 15) is 0 Å². The van der Waals surface area contributed by atoms with Crippen molar-refractivity contribution in [1.82, 2.24) is 10.3 Å². The molecule has 0 spiro atoms. The Hall–Kier alpha value is -0.410. The number of aromatic nitrogens is 1. The fraction of sp³-hybridized carbons (Fsp3) is 0.750. The molecule has 0 saturated heterocycles. The van der Waals surface area contributed by atoms with Crippen molar-refractivity contribution in [3.63, 3.8) is 0 Å². The van der Waals surface area contributed by atoms with Gasteiger partial charge in [-0.2, -0.15) is 0 Å². The van der Waals surface area contributed by atoms with E-state index in [1.54, 1.807) is 4.88 Å². The summed E-state index contributed by atoms with van der Waals surface area (Å²) in [6, 6.07) is 0. The Labute approximate surface area is 96.1 Å². The van der Waals surface area contributed by atoms with Crippen molar-refractivity contribution in [3.05, 3.63) is 15.6 Å². The van der Waals surface area contributed by atoms with E-state index >= 15 is 0 Å². The molecule has 0 atom stereocenters. The highest BCUT2D eigenvalue weighted by Crippen LogP contribution is 2.26. The van der Waals surface area contributed by atoms with Gasteiger partial charge in [-0.1, -0.05) is 13.3 Å². The number of nitrogens with zero attached hydrogens (tertiary/aromatic N) is 1. The van der Waals surface area contributed by atoms with Crippen LogP contribution < -0.4 is 5.32 Å². The number of nitrogens with one attached hydrogen (secondary N) is 1. The molecule has 2 nitrogen and oxygen atoms in total. The first-order valence-electron chi connectivity index (χ1n) is 6.08. The van der Waals surface area contributed by atoms with Crippen LogP contribution in [0.15, 0.2) is 0 Å². The Morgan fingerprint density at radius 1 is 1.33 bits per heavy atom. The average molecular weight is 224 g/mol. The molecule has 0 radical (unpaired) electrons. The lowest BCUT2D eigenvalue weighted by Gasteiger charge is -2.06. The summed E-state index contributed by atoms with van der Waals surface area (Å²) in [7, 11) is 0. The van der Waals surface area contributed by atoms with Crippen molar-refractivity contribution < 1.29 is 0 Å². The van der Waals surface area contributed by atoms with Crippen LogP contribution in [0.1, 0.15) is 48.2 Å². The third-order valence-corrected chi connectivity index (χ3v) is 4.03. The van der Waals surface area contributed by atoms with Crippen LogP contribution in [0.4, 0.5) is 0 Å². The van der Waals surface area contributed by atoms with Crippen LogP contribution in [0.25, 0.3) is 0 Å². The summed E-state index contributed by atoms with van der Waals surface area (Å²) < 4.78 is 0. The zero-order chi connectivity index (χ0) is 10.5. The van der Waals surface area contributed by atoms with E-state index in [0.717, 1.165) is 13.1 Å². The normalized spacial score (nSPS) is 15.3. The van der Waals surface area contributed by atoms with Gasteiger partial charge in [-0.3, -0.25) is 0 Å². The molecular weight excluding hydrogens is 204 g/mol. The summed E-state index contributed by atoms with van der Waals surface area (Å²) in [6.45, 7) is 4.32. The third kappa shape index (κ3) is 3.02. The lowest BCUT2D eigenvalue weighted by Crippen LogP contribution is -2.14. The maximum Gasteiger partial charge on any atom is 0.107 e. The second kappa shape index (κ2) is 5.61. The molecule has 15 heavy (non-hydrogen) atoms. The van der Waals surface area contributed by atoms with Crippen LogP contribution in [0.2, 0.25) is 0 Å². The number of hydrogen-bond acceptors (Lipinski definition) is 3. The smallest absolute Gasteiger partial charge is 0.107 e. The maximum atomic E-state index is 4.70. The first-order chi connectivity index (χ1) is 7.40. The zero-order valence-electron chi connectivity index (χ0n) is 9.51. The first-order valence-corrected chi connectivity index (χ1v) is 6.90. The van der Waals surface area contributed by atoms with Gasteiger partial charge >= 0.3 is 0 Å². The van der Waals surface area contributed by atoms with Crippen LogP contribution in [-0.4, -0.2) is 11.5 Å². The van der Waals surface area contributed by atoms with E-state index in [1.165, 1.54) is 49.2 Å². The fourth-order valence-electron chi connectivity index (χ4n) is 1.98. The molecule has 0 unspecified atom stereocenters. The van der Waals surface area contributed by atoms with Crippen LogP contribution in [0.3, 0.4) is 0 Å². The summed E-state index contributed by atoms with van der Waals surface area (Å²) in [5.41, 5.74) is 1.39. The minimum absolute atomic E-state index is 0.970. The van der Waals surface area contributed by atoms with Gasteiger partial charge in [-0.15, -0.1) is 11.3 Å². The van der Waals surface area contributed by atoms with Crippen molar-refractivity contribution >= 4 is 11.3 Å². The Balaban J connectivity index is 1.84. The molecule has 0 fully saturated rings. The molecule has 1 N–H and O–H groups in total. The average Bonchev–Trinajstić information content (AvgIpc) is 2.67. The molecule has 0 amide bonds. The Bertz CT molecular complexity index is 283. The highest BCUT2D eigenvalue weighted by molar-refractivity contribution is 7.11. The second-order valence-corrected chi connectivity index (χ2v) is 5.38. The van der Waals surface area contributed by atoms with Crippen molar-refractivity contribution in [2.75, 3.05) is 6.54 Å². The molecule has 1 aliphatic carbocycles. The third-order valence-electron chi connectivity index (χ3n) is 2.87. The monoisotopic (exact) mass is 224 g/mol. The van der Waals surface area contributed by atoms with Gasteiger partial charge in [0.15, 0.2) is 0 Å². The van der Waals surface area contributed by atoms with Gasteiger partial charge in [0.1, 0.15) is 5.01 Å². The molecule has 3 heteroatoms. The van der Waals surface area contributed by atoms with E-state index in [0.29, 0.717) is 0 Å². The van der Waals surface area contributed by atoms with Gasteiger partial charge in [0.25, 0.3) is 0 Å². The van der Waals surface area contributed by atoms with E-state index in [-0.39, 0.29) is 0 Å². The maximum absolute atomic E-state index is 4.70. The Morgan fingerprint density at radius 2 is 2.20 bits per heavy atom. The first kappa shape index (κ1) is 11.1. The molecule has 0 saturated carbocycles. The summed E-state index contributed by atoms with van der Waals surface area (Å²) >= 11 is 1.92. The number of fused-ring (bicyclic) bond motifs is 1. The van der Waals surface area contributed by atoms with Gasteiger partial charge in [-0.25, -0.2) is 4.98 Å². The van der Waals surface area contributed by atoms with Crippen molar-refractivity contribution in [2.24, 2.45) is 0 Å². The van der Waals surface area contributed by atoms with Gasteiger partial charge in [0.2, 0.25) is 0 Å². The molecule has 0 aromatic carbocycles. The van der Waals surface area contributed by atoms with E-state index in [1.807, 2.05) is 11.3 Å². The number of rotatable bonds is 5. The SMILES string of the molecule is CCCCNCc1nc2c(s1)CCCC2. The van der Waals surface area contributed by atoms with Crippen molar-refractivity contribution in [2.45, 2.75) is 52.0 Å². The molecule has 1 aliphatic rings. The zero-order valence-corrected chi connectivity index (χ0v) is 10.3. The lowest BCUT2D eigenvalue weighted by atomic mass is 10.0. The second-order valence-electron chi connectivity index (χ2n) is 4.21. The topological polar surface area (TPSA) is 24.9 Å². The Kier molecular flexibility index (Phi) is 4.15. The molecule has 2 rings (SSSR count). The van der Waals surface area contributed by atoms with Crippen molar-refractivity contribution in [3.8, 4) is 0 Å². The highest BCUT2D eigenvalue weighted by Gasteiger charge is 2.14. The van der Waals surface area contributed by atoms with E-state index in [2.05, 4.69) is 12.2 Å². The molecule has 1 heterocycles. The predicted molar refractivity (Wildman–Crippen MR) is 65.4 cm³/mol. The van der Waals surface area contributed by atoms with Crippen LogP contribution in [0, 0.1) is 0 Å². The Morgan fingerprint density at radius 3 is 3.00 bits per heavy atom. The molecular formula is C12H20N2S. The quantitative estimate of drug-likeness (QED) is 0.778. The molecule has 84 valence electrons. The summed E-state index contributed by atoms with van der Waals surface area (Å²) in [5, 5.41) is 4.75. The minimum atomic E-state index is 0.970. The van der Waals surface area contributed by atoms with Crippen molar-refractivity contribution in [1.29, 1.82) is 0 Å². The summed E-state index contributed by atoms with van der Waals surface area (Å²) in [6.07, 6.45) is 7.70. The van der Waals surface area contributed by atoms with Crippen LogP contribution in [0.5, 0.6) is 0 Å². The van der Waals surface area contributed by atoms with Crippen LogP contribution in [-0.2, 0) is 19.4 Å². The predicted octanol–water partition coefficient (Wildman–Crippen LogP) is 2.91. The van der Waals surface area contributed by atoms with Gasteiger partial charge < -0.3 is 5.32 Å². The molecule has 0 aliphatic heterocycles. The lowest BCUT2D eigenvalue weighted by molar-refractivity contribution is 0.635. The molecule has 1 aromatic heterocycles. The fourth-order valence-corrected chi connectivity index (χ4v) is 3.10. The van der Waals surface area contributed by atoms with Gasteiger partial charge in [0, 0.05) is 11.4 Å². The summed E-state index contributed by atoms with van der Waals surface area (Å²) in [5.74, 6) is 0. The van der Waals surface area contributed by atoms with E-state index in [4.69, 9.17) is 4.98 Å². The number of hydrogen-bond donors (Lipinski definition) is 1. The van der Waals surface area contributed by atoms with Gasteiger partial charge in [0.05, 0.1) is 5.69 Å². The molecule has 1 aromatic rings. The summed E-state index contributed by atoms with van der Waals surface area (Å²) in [4.78, 5) is 6.25. The number of unbranched alkanes of at least 4 members (excludes halogenated alkanes) is 1.